The van der Waals surface area contributed by atoms with Crippen LogP contribution in [0.25, 0.3) is 0 Å². The minimum Gasteiger partial charge on any atom is -0.382 e. The third-order valence-corrected chi connectivity index (χ3v) is 2.63. The standard InChI is InChI=1S/C11H13ClF3NO/c1-16(7-10(17)11(13,14)15)6-8-4-2-3-5-9(8)12/h2-5,10,17H,6-7H2,1H3. The maximum absolute atomic E-state index is 12.1. The Bertz CT molecular complexity index is 370. The van der Waals surface area contributed by atoms with Crippen LogP contribution >= 0.6 is 11.6 Å². The normalized spacial score (nSPS) is 14.1. The van der Waals surface area contributed by atoms with Crippen molar-refractivity contribution in [1.29, 1.82) is 0 Å². The number of benzene rings is 1. The molecule has 96 valence electrons. The summed E-state index contributed by atoms with van der Waals surface area (Å²) in [4.78, 5) is 1.37. The second-order valence-corrected chi connectivity index (χ2v) is 4.25. The maximum atomic E-state index is 12.1. The molecule has 0 heterocycles. The molecule has 1 aromatic carbocycles. The monoisotopic (exact) mass is 267 g/mol. The van der Waals surface area contributed by atoms with Crippen molar-refractivity contribution in [2.45, 2.75) is 18.8 Å². The molecule has 1 N–H and O–H groups in total. The van der Waals surface area contributed by atoms with E-state index >= 15 is 0 Å². The van der Waals surface area contributed by atoms with Gasteiger partial charge in [0.2, 0.25) is 0 Å². The number of rotatable bonds is 4. The molecule has 0 spiro atoms. The fourth-order valence-electron chi connectivity index (χ4n) is 1.38. The van der Waals surface area contributed by atoms with Crippen LogP contribution in [0.5, 0.6) is 0 Å². The summed E-state index contributed by atoms with van der Waals surface area (Å²) >= 11 is 5.88. The average molecular weight is 268 g/mol. The lowest BCUT2D eigenvalue weighted by atomic mass is 10.2. The number of nitrogens with zero attached hydrogens (tertiary/aromatic N) is 1. The van der Waals surface area contributed by atoms with Crippen LogP contribution in [0.3, 0.4) is 0 Å². The minimum absolute atomic E-state index is 0.257. The van der Waals surface area contributed by atoms with E-state index in [-0.39, 0.29) is 6.54 Å². The molecule has 1 rings (SSSR count). The first-order chi connectivity index (χ1) is 7.80. The second-order valence-electron chi connectivity index (χ2n) is 3.85. The van der Waals surface area contributed by atoms with Gasteiger partial charge in [-0.1, -0.05) is 29.8 Å². The van der Waals surface area contributed by atoms with Crippen LogP contribution in [-0.2, 0) is 6.54 Å². The first kappa shape index (κ1) is 14.3. The van der Waals surface area contributed by atoms with Gasteiger partial charge in [0.25, 0.3) is 0 Å². The molecule has 1 atom stereocenters. The summed E-state index contributed by atoms with van der Waals surface area (Å²) in [5.74, 6) is 0. The quantitative estimate of drug-likeness (QED) is 0.907. The van der Waals surface area contributed by atoms with Crippen molar-refractivity contribution >= 4 is 11.6 Å². The molecule has 0 bridgehead atoms. The molecule has 17 heavy (non-hydrogen) atoms. The molecular formula is C11H13ClF3NO. The van der Waals surface area contributed by atoms with Gasteiger partial charge in [-0.25, -0.2) is 0 Å². The Labute approximate surface area is 103 Å². The predicted molar refractivity (Wildman–Crippen MR) is 59.8 cm³/mol. The van der Waals surface area contributed by atoms with Gasteiger partial charge in [0.1, 0.15) is 0 Å². The SMILES string of the molecule is CN(Cc1ccccc1Cl)CC(O)C(F)(F)F. The number of aliphatic hydroxyl groups excluding tert-OH is 1. The molecule has 1 aromatic rings. The first-order valence-electron chi connectivity index (χ1n) is 4.97. The van der Waals surface area contributed by atoms with Crippen molar-refractivity contribution in [1.82, 2.24) is 4.90 Å². The molecule has 6 heteroatoms. The number of likely N-dealkylation sites (N-methyl/N-ethyl adjacent to an activating group) is 1. The Morgan fingerprint density at radius 1 is 1.35 bits per heavy atom. The first-order valence-corrected chi connectivity index (χ1v) is 5.35. The molecule has 0 aliphatic rings. The molecule has 0 saturated heterocycles. The van der Waals surface area contributed by atoms with Crippen molar-refractivity contribution in [3.63, 3.8) is 0 Å². The van der Waals surface area contributed by atoms with E-state index in [0.717, 1.165) is 5.56 Å². The van der Waals surface area contributed by atoms with Crippen molar-refractivity contribution in [2.24, 2.45) is 0 Å². The van der Waals surface area contributed by atoms with Gasteiger partial charge in [-0.15, -0.1) is 0 Å². The Hall–Kier alpha value is -0.780. The zero-order chi connectivity index (χ0) is 13.1. The fourth-order valence-corrected chi connectivity index (χ4v) is 1.58. The van der Waals surface area contributed by atoms with Gasteiger partial charge in [0.05, 0.1) is 0 Å². The molecule has 0 aromatic heterocycles. The molecule has 0 amide bonds. The number of hydrogen-bond acceptors (Lipinski definition) is 2. The smallest absolute Gasteiger partial charge is 0.382 e. The van der Waals surface area contributed by atoms with Crippen LogP contribution in [0.1, 0.15) is 5.56 Å². The number of hydrogen-bond donors (Lipinski definition) is 1. The van der Waals surface area contributed by atoms with E-state index in [9.17, 15) is 13.2 Å². The third-order valence-electron chi connectivity index (χ3n) is 2.26. The van der Waals surface area contributed by atoms with Crippen LogP contribution in [0, 0.1) is 0 Å². The summed E-state index contributed by atoms with van der Waals surface area (Å²) in [7, 11) is 1.50. The molecule has 2 nitrogen and oxygen atoms in total. The average Bonchev–Trinajstić information content (AvgIpc) is 2.20. The van der Waals surface area contributed by atoms with Gasteiger partial charge >= 0.3 is 6.18 Å². The zero-order valence-electron chi connectivity index (χ0n) is 9.21. The Kier molecular flexibility index (Phi) is 4.80. The van der Waals surface area contributed by atoms with Crippen molar-refractivity contribution in [3.8, 4) is 0 Å². The summed E-state index contributed by atoms with van der Waals surface area (Å²) in [5.41, 5.74) is 0.728. The molecule has 0 saturated carbocycles. The molecular weight excluding hydrogens is 255 g/mol. The van der Waals surface area contributed by atoms with E-state index in [1.54, 1.807) is 24.3 Å². The Balaban J connectivity index is 2.56. The highest BCUT2D eigenvalue weighted by Crippen LogP contribution is 2.22. The fraction of sp³-hybridized carbons (Fsp3) is 0.455. The zero-order valence-corrected chi connectivity index (χ0v) is 9.96. The van der Waals surface area contributed by atoms with Crippen LogP contribution < -0.4 is 0 Å². The summed E-state index contributed by atoms with van der Waals surface area (Å²) in [6.07, 6.45) is -6.93. The lowest BCUT2D eigenvalue weighted by Crippen LogP contribution is -2.39. The van der Waals surface area contributed by atoms with E-state index in [1.807, 2.05) is 0 Å². The van der Waals surface area contributed by atoms with Crippen LogP contribution in [0.15, 0.2) is 24.3 Å². The van der Waals surface area contributed by atoms with Crippen molar-refractivity contribution in [3.05, 3.63) is 34.9 Å². The number of alkyl halides is 3. The second kappa shape index (κ2) is 5.71. The lowest BCUT2D eigenvalue weighted by Gasteiger charge is -2.22. The van der Waals surface area contributed by atoms with Crippen LogP contribution in [0.4, 0.5) is 13.2 Å². The van der Waals surface area contributed by atoms with E-state index in [2.05, 4.69) is 0 Å². The highest BCUT2D eigenvalue weighted by atomic mass is 35.5. The summed E-state index contributed by atoms with van der Waals surface area (Å²) in [6.45, 7) is -0.221. The topological polar surface area (TPSA) is 23.5 Å². The Morgan fingerprint density at radius 3 is 2.47 bits per heavy atom. The van der Waals surface area contributed by atoms with Gasteiger partial charge in [-0.2, -0.15) is 13.2 Å². The molecule has 0 fully saturated rings. The minimum atomic E-state index is -4.59. The Morgan fingerprint density at radius 2 is 1.94 bits per heavy atom. The third kappa shape index (κ3) is 4.53. The summed E-state index contributed by atoms with van der Waals surface area (Å²) < 4.78 is 36.4. The van der Waals surface area contributed by atoms with Gasteiger partial charge in [0, 0.05) is 18.1 Å². The summed E-state index contributed by atoms with van der Waals surface area (Å²) in [5, 5.41) is 9.40. The molecule has 0 aliphatic carbocycles. The highest BCUT2D eigenvalue weighted by Gasteiger charge is 2.38. The van der Waals surface area contributed by atoms with Gasteiger partial charge < -0.3 is 5.11 Å². The molecule has 0 radical (unpaired) electrons. The van der Waals surface area contributed by atoms with Crippen molar-refractivity contribution in [2.75, 3.05) is 13.6 Å². The largest absolute Gasteiger partial charge is 0.415 e. The maximum Gasteiger partial charge on any atom is 0.415 e. The highest BCUT2D eigenvalue weighted by molar-refractivity contribution is 6.31. The van der Waals surface area contributed by atoms with E-state index in [0.29, 0.717) is 5.02 Å². The number of aliphatic hydroxyl groups is 1. The lowest BCUT2D eigenvalue weighted by molar-refractivity contribution is -0.207. The van der Waals surface area contributed by atoms with Gasteiger partial charge in [-0.3, -0.25) is 4.90 Å². The van der Waals surface area contributed by atoms with E-state index < -0.39 is 18.8 Å². The van der Waals surface area contributed by atoms with E-state index in [4.69, 9.17) is 16.7 Å². The van der Waals surface area contributed by atoms with Crippen LogP contribution in [-0.4, -0.2) is 35.9 Å². The van der Waals surface area contributed by atoms with E-state index in [1.165, 1.54) is 11.9 Å². The van der Waals surface area contributed by atoms with Gasteiger partial charge in [0.15, 0.2) is 6.10 Å². The number of halogens is 4. The molecule has 1 unspecified atom stereocenters. The van der Waals surface area contributed by atoms with Crippen LogP contribution in [0.2, 0.25) is 5.02 Å². The molecule has 0 aliphatic heterocycles. The predicted octanol–water partition coefficient (Wildman–Crippen LogP) is 2.70. The van der Waals surface area contributed by atoms with Crippen molar-refractivity contribution < 1.29 is 18.3 Å². The van der Waals surface area contributed by atoms with Gasteiger partial charge in [-0.05, 0) is 18.7 Å². The summed E-state index contributed by atoms with van der Waals surface area (Å²) in [6, 6.07) is 6.91.